The van der Waals surface area contributed by atoms with Crippen molar-refractivity contribution in [2.45, 2.75) is 46.0 Å². The number of anilines is 1. The molecule has 2 atom stereocenters. The van der Waals surface area contributed by atoms with Crippen LogP contribution in [0.1, 0.15) is 56.3 Å². The highest BCUT2D eigenvalue weighted by molar-refractivity contribution is 6.09. The molecule has 5 rings (SSSR count). The Morgan fingerprint density at radius 1 is 1.24 bits per heavy atom. The molecule has 2 aliphatic rings. The molecule has 0 radical (unpaired) electrons. The number of fused-ring (bicyclic) bond motifs is 1. The van der Waals surface area contributed by atoms with E-state index in [1.54, 1.807) is 12.4 Å². The van der Waals surface area contributed by atoms with Crippen molar-refractivity contribution in [3.8, 4) is 11.3 Å². The van der Waals surface area contributed by atoms with E-state index in [4.69, 9.17) is 4.98 Å². The van der Waals surface area contributed by atoms with E-state index in [9.17, 15) is 4.79 Å². The Morgan fingerprint density at radius 2 is 2.07 bits per heavy atom. The maximum Gasteiger partial charge on any atom is 0.172 e. The molecule has 5 nitrogen and oxygen atoms in total. The summed E-state index contributed by atoms with van der Waals surface area (Å²) in [5, 5.41) is 0. The highest BCUT2D eigenvalue weighted by atomic mass is 16.1. The molecule has 0 bridgehead atoms. The van der Waals surface area contributed by atoms with Crippen LogP contribution in [0, 0.1) is 11.3 Å². The summed E-state index contributed by atoms with van der Waals surface area (Å²) in [4.78, 5) is 28.5. The Balaban J connectivity index is 1.53. The minimum atomic E-state index is -0.303. The molecule has 2 fully saturated rings. The predicted octanol–water partition coefficient (Wildman–Crippen LogP) is 5.23. The number of nitrogens with zero attached hydrogens (tertiary/aromatic N) is 3. The standard InChI is InChI=1S/C24H28N4O/c1-16-7-6-10-24(16,2)22(29)19-14-25-23-21(19)27-20(15-26-23)17-8-5-9-18(13-17)28-11-3-4-12-28/h5,8-9,13-16H,3-4,6-7,10-12H2,1-2H3,(H,25,26)/t16-,24+/m0/s1. The van der Waals surface area contributed by atoms with Gasteiger partial charge in [0.15, 0.2) is 11.4 Å². The third-order valence-corrected chi connectivity index (χ3v) is 7.18. The average molecular weight is 389 g/mol. The summed E-state index contributed by atoms with van der Waals surface area (Å²) in [6, 6.07) is 8.51. The molecule has 1 aromatic carbocycles. The van der Waals surface area contributed by atoms with Crippen molar-refractivity contribution in [1.29, 1.82) is 0 Å². The number of carbonyl (C=O) groups excluding carboxylic acids is 1. The molecule has 0 spiro atoms. The minimum absolute atomic E-state index is 0.200. The summed E-state index contributed by atoms with van der Waals surface area (Å²) in [6.45, 7) is 6.53. The van der Waals surface area contributed by atoms with Crippen LogP contribution in [-0.2, 0) is 0 Å². The maximum absolute atomic E-state index is 13.4. The minimum Gasteiger partial charge on any atom is -0.372 e. The van der Waals surface area contributed by atoms with Crippen molar-refractivity contribution in [3.63, 3.8) is 0 Å². The molecular weight excluding hydrogens is 360 g/mol. The van der Waals surface area contributed by atoms with E-state index in [1.165, 1.54) is 18.5 Å². The van der Waals surface area contributed by atoms with Crippen LogP contribution in [0.2, 0.25) is 0 Å². The molecule has 3 aromatic rings. The molecule has 1 aliphatic heterocycles. The molecule has 0 unspecified atom stereocenters. The first-order valence-electron chi connectivity index (χ1n) is 10.8. The highest BCUT2D eigenvalue weighted by Crippen LogP contribution is 2.45. The summed E-state index contributed by atoms with van der Waals surface area (Å²) in [5.74, 6) is 0.597. The summed E-state index contributed by atoms with van der Waals surface area (Å²) in [5.41, 5.74) is 4.85. The van der Waals surface area contributed by atoms with Gasteiger partial charge in [0.2, 0.25) is 0 Å². The fourth-order valence-electron chi connectivity index (χ4n) is 5.03. The molecule has 2 aromatic heterocycles. The number of rotatable bonds is 4. The zero-order valence-electron chi connectivity index (χ0n) is 17.2. The van der Waals surface area contributed by atoms with E-state index in [-0.39, 0.29) is 11.2 Å². The van der Waals surface area contributed by atoms with Gasteiger partial charge in [0.1, 0.15) is 5.52 Å². The van der Waals surface area contributed by atoms with Gasteiger partial charge in [0.05, 0.1) is 17.5 Å². The van der Waals surface area contributed by atoms with Gasteiger partial charge in [-0.15, -0.1) is 0 Å². The van der Waals surface area contributed by atoms with Crippen LogP contribution in [0.3, 0.4) is 0 Å². The molecule has 1 N–H and O–H groups in total. The lowest BCUT2D eigenvalue weighted by Crippen LogP contribution is -2.30. The number of benzene rings is 1. The fourth-order valence-corrected chi connectivity index (χ4v) is 5.03. The lowest BCUT2D eigenvalue weighted by atomic mass is 9.75. The van der Waals surface area contributed by atoms with Crippen molar-refractivity contribution in [1.82, 2.24) is 15.0 Å². The van der Waals surface area contributed by atoms with Crippen LogP contribution in [0.15, 0.2) is 36.7 Å². The van der Waals surface area contributed by atoms with E-state index in [2.05, 4.69) is 53.0 Å². The zero-order chi connectivity index (χ0) is 20.0. The van der Waals surface area contributed by atoms with Crippen LogP contribution in [0.25, 0.3) is 22.4 Å². The predicted molar refractivity (Wildman–Crippen MR) is 116 cm³/mol. The molecule has 1 aliphatic carbocycles. The van der Waals surface area contributed by atoms with Crippen LogP contribution in [0.4, 0.5) is 5.69 Å². The van der Waals surface area contributed by atoms with Crippen molar-refractivity contribution in [2.75, 3.05) is 18.0 Å². The van der Waals surface area contributed by atoms with Gasteiger partial charge in [-0.2, -0.15) is 0 Å². The number of Topliss-reactive ketones (excluding diaryl/α,β-unsaturated/α-hetero) is 1. The van der Waals surface area contributed by atoms with Gasteiger partial charge in [-0.3, -0.25) is 4.79 Å². The van der Waals surface area contributed by atoms with Gasteiger partial charge in [-0.25, -0.2) is 9.97 Å². The number of aromatic nitrogens is 3. The van der Waals surface area contributed by atoms with E-state index in [0.29, 0.717) is 22.6 Å². The van der Waals surface area contributed by atoms with Crippen molar-refractivity contribution >= 4 is 22.6 Å². The van der Waals surface area contributed by atoms with Gasteiger partial charge in [-0.05, 0) is 43.7 Å². The highest BCUT2D eigenvalue weighted by Gasteiger charge is 2.43. The molecule has 3 heterocycles. The second-order valence-electron chi connectivity index (χ2n) is 8.94. The lowest BCUT2D eigenvalue weighted by molar-refractivity contribution is 0.0767. The molecule has 1 saturated carbocycles. The number of H-pyrrole nitrogens is 1. The second kappa shape index (κ2) is 6.97. The van der Waals surface area contributed by atoms with Crippen molar-refractivity contribution < 1.29 is 4.79 Å². The first-order valence-corrected chi connectivity index (χ1v) is 10.8. The largest absolute Gasteiger partial charge is 0.372 e. The quantitative estimate of drug-likeness (QED) is 0.621. The second-order valence-corrected chi connectivity index (χ2v) is 8.94. The van der Waals surface area contributed by atoms with Gasteiger partial charge in [-0.1, -0.05) is 32.4 Å². The molecule has 150 valence electrons. The topological polar surface area (TPSA) is 61.9 Å². The van der Waals surface area contributed by atoms with Crippen LogP contribution in [-0.4, -0.2) is 33.8 Å². The average Bonchev–Trinajstić information content (AvgIpc) is 3.48. The lowest BCUT2D eigenvalue weighted by Gasteiger charge is -2.27. The summed E-state index contributed by atoms with van der Waals surface area (Å²) >= 11 is 0. The molecule has 0 amide bonds. The SMILES string of the molecule is C[C@H]1CCC[C@@]1(C)C(=O)c1c[nH]c2ncc(-c3cccc(N4CCCC4)c3)nc12. The monoisotopic (exact) mass is 388 g/mol. The zero-order valence-corrected chi connectivity index (χ0v) is 17.2. The van der Waals surface area contributed by atoms with E-state index < -0.39 is 0 Å². The smallest absolute Gasteiger partial charge is 0.172 e. The number of ketones is 1. The first kappa shape index (κ1) is 18.3. The Hall–Kier alpha value is -2.69. The van der Waals surface area contributed by atoms with Crippen molar-refractivity contribution in [3.05, 3.63) is 42.2 Å². The number of nitrogens with one attached hydrogen (secondary N) is 1. The van der Waals surface area contributed by atoms with Gasteiger partial charge in [0.25, 0.3) is 0 Å². The Bertz CT molecular complexity index is 1070. The molecule has 1 saturated heterocycles. The third-order valence-electron chi connectivity index (χ3n) is 7.18. The summed E-state index contributed by atoms with van der Waals surface area (Å²) < 4.78 is 0. The number of hydrogen-bond donors (Lipinski definition) is 1. The molecule has 5 heteroatoms. The fraction of sp³-hybridized carbons (Fsp3) is 0.458. The van der Waals surface area contributed by atoms with E-state index in [1.807, 2.05) is 0 Å². The third kappa shape index (κ3) is 3.04. The van der Waals surface area contributed by atoms with E-state index in [0.717, 1.165) is 43.6 Å². The summed E-state index contributed by atoms with van der Waals surface area (Å²) in [6.07, 6.45) is 9.29. The number of carbonyl (C=O) groups is 1. The maximum atomic E-state index is 13.4. The van der Waals surface area contributed by atoms with E-state index >= 15 is 0 Å². The first-order chi connectivity index (χ1) is 14.1. The van der Waals surface area contributed by atoms with Crippen molar-refractivity contribution in [2.24, 2.45) is 11.3 Å². The number of hydrogen-bond acceptors (Lipinski definition) is 4. The van der Waals surface area contributed by atoms with Crippen LogP contribution < -0.4 is 4.90 Å². The van der Waals surface area contributed by atoms with Gasteiger partial charge >= 0.3 is 0 Å². The Labute approximate surface area is 171 Å². The van der Waals surface area contributed by atoms with Gasteiger partial charge in [0, 0.05) is 36.0 Å². The molecular formula is C24H28N4O. The van der Waals surface area contributed by atoms with Crippen LogP contribution in [0.5, 0.6) is 0 Å². The Kier molecular flexibility index (Phi) is 4.41. The van der Waals surface area contributed by atoms with Crippen LogP contribution >= 0.6 is 0 Å². The Morgan fingerprint density at radius 3 is 2.83 bits per heavy atom. The molecule has 29 heavy (non-hydrogen) atoms. The van der Waals surface area contributed by atoms with Gasteiger partial charge < -0.3 is 9.88 Å². The summed E-state index contributed by atoms with van der Waals surface area (Å²) in [7, 11) is 0. The normalized spacial score (nSPS) is 24.5. The number of aromatic amines is 1.